The van der Waals surface area contributed by atoms with Crippen LogP contribution in [0.5, 0.6) is 5.75 Å². The molecule has 1 aliphatic rings. The van der Waals surface area contributed by atoms with E-state index in [1.54, 1.807) is 13.4 Å². The Morgan fingerprint density at radius 2 is 1.88 bits per heavy atom. The summed E-state index contributed by atoms with van der Waals surface area (Å²) in [5.41, 5.74) is 1.22. The normalized spacial score (nSPS) is 15.5. The van der Waals surface area contributed by atoms with E-state index in [-0.39, 0.29) is 0 Å². The fourth-order valence-corrected chi connectivity index (χ4v) is 2.97. The number of benzene rings is 1. The lowest BCUT2D eigenvalue weighted by atomic mass is 10.2. The second-order valence-electron chi connectivity index (χ2n) is 5.95. The summed E-state index contributed by atoms with van der Waals surface area (Å²) in [6, 6.07) is 11.8. The first-order valence-electron chi connectivity index (χ1n) is 8.29. The van der Waals surface area contributed by atoms with Crippen LogP contribution in [0.25, 0.3) is 11.6 Å². The Bertz CT molecular complexity index is 790. The van der Waals surface area contributed by atoms with E-state index >= 15 is 0 Å². The van der Waals surface area contributed by atoms with Crippen molar-refractivity contribution < 1.29 is 13.7 Å². The molecule has 3 heterocycles. The summed E-state index contributed by atoms with van der Waals surface area (Å²) in [5, 5.41) is 3.97. The summed E-state index contributed by atoms with van der Waals surface area (Å²) in [6.07, 6.45) is 1.60. The van der Waals surface area contributed by atoms with E-state index in [0.717, 1.165) is 31.9 Å². The van der Waals surface area contributed by atoms with Crippen LogP contribution in [0.3, 0.4) is 0 Å². The molecule has 7 nitrogen and oxygen atoms in total. The number of hydrogen-bond acceptors (Lipinski definition) is 7. The standard InChI is InChI=1S/C18H20N4O3/c1-23-15-6-4-14(5-7-15)22-10-8-21(9-11-22)13-17-19-18(20-25-17)16-3-2-12-24-16/h2-7,12H,8-11,13H2,1H3. The second-order valence-corrected chi connectivity index (χ2v) is 5.95. The van der Waals surface area contributed by atoms with Crippen molar-refractivity contribution in [2.24, 2.45) is 0 Å². The van der Waals surface area contributed by atoms with Gasteiger partial charge >= 0.3 is 0 Å². The maximum atomic E-state index is 5.34. The van der Waals surface area contributed by atoms with Gasteiger partial charge in [0.1, 0.15) is 5.75 Å². The molecule has 0 aliphatic carbocycles. The number of hydrogen-bond donors (Lipinski definition) is 0. The van der Waals surface area contributed by atoms with Gasteiger partial charge in [0.25, 0.3) is 0 Å². The van der Waals surface area contributed by atoms with E-state index in [9.17, 15) is 0 Å². The van der Waals surface area contributed by atoms with Crippen LogP contribution in [0.1, 0.15) is 5.89 Å². The van der Waals surface area contributed by atoms with E-state index in [1.165, 1.54) is 5.69 Å². The first kappa shape index (κ1) is 15.7. The molecule has 25 heavy (non-hydrogen) atoms. The largest absolute Gasteiger partial charge is 0.497 e. The zero-order valence-electron chi connectivity index (χ0n) is 14.1. The van der Waals surface area contributed by atoms with Crippen LogP contribution in [0, 0.1) is 0 Å². The Morgan fingerprint density at radius 1 is 1.08 bits per heavy atom. The first-order valence-corrected chi connectivity index (χ1v) is 8.29. The van der Waals surface area contributed by atoms with Crippen molar-refractivity contribution in [3.05, 3.63) is 48.6 Å². The van der Waals surface area contributed by atoms with Gasteiger partial charge in [-0.3, -0.25) is 4.90 Å². The lowest BCUT2D eigenvalue weighted by molar-refractivity contribution is 0.215. The first-order chi connectivity index (χ1) is 12.3. The third-order valence-electron chi connectivity index (χ3n) is 4.38. The van der Waals surface area contributed by atoms with E-state index in [4.69, 9.17) is 13.7 Å². The highest BCUT2D eigenvalue weighted by Crippen LogP contribution is 2.21. The Morgan fingerprint density at radius 3 is 2.56 bits per heavy atom. The highest BCUT2D eigenvalue weighted by molar-refractivity contribution is 5.49. The molecule has 0 amide bonds. The van der Waals surface area contributed by atoms with Gasteiger partial charge in [-0.1, -0.05) is 5.16 Å². The summed E-state index contributed by atoms with van der Waals surface area (Å²) in [4.78, 5) is 9.09. The molecule has 1 aromatic carbocycles. The Labute approximate surface area is 145 Å². The molecule has 0 N–H and O–H groups in total. The van der Waals surface area contributed by atoms with Crippen LogP contribution in [0.2, 0.25) is 0 Å². The maximum absolute atomic E-state index is 5.34. The molecule has 0 radical (unpaired) electrons. The molecule has 2 aromatic heterocycles. The minimum Gasteiger partial charge on any atom is -0.497 e. The number of rotatable bonds is 5. The minimum absolute atomic E-state index is 0.497. The molecule has 0 spiro atoms. The fraction of sp³-hybridized carbons (Fsp3) is 0.333. The number of anilines is 1. The molecule has 0 unspecified atom stereocenters. The molecular weight excluding hydrogens is 320 g/mol. The summed E-state index contributed by atoms with van der Waals surface area (Å²) in [5.74, 6) is 2.62. The predicted octanol–water partition coefficient (Wildman–Crippen LogP) is 2.66. The smallest absolute Gasteiger partial charge is 0.241 e. The van der Waals surface area contributed by atoms with Gasteiger partial charge in [-0.15, -0.1) is 0 Å². The van der Waals surface area contributed by atoms with Crippen molar-refractivity contribution >= 4 is 5.69 Å². The third kappa shape index (κ3) is 3.51. The number of nitrogens with zero attached hydrogens (tertiary/aromatic N) is 4. The summed E-state index contributed by atoms with van der Waals surface area (Å²) in [7, 11) is 1.68. The van der Waals surface area contributed by atoms with Gasteiger partial charge < -0.3 is 18.6 Å². The van der Waals surface area contributed by atoms with Gasteiger partial charge in [0.2, 0.25) is 11.7 Å². The Hall–Kier alpha value is -2.80. The van der Waals surface area contributed by atoms with Gasteiger partial charge in [-0.05, 0) is 36.4 Å². The molecule has 3 aromatic rings. The highest BCUT2D eigenvalue weighted by Gasteiger charge is 2.20. The molecule has 1 saturated heterocycles. The van der Waals surface area contributed by atoms with Gasteiger partial charge in [0, 0.05) is 31.9 Å². The number of piperazine rings is 1. The monoisotopic (exact) mass is 340 g/mol. The average molecular weight is 340 g/mol. The van der Waals surface area contributed by atoms with Gasteiger partial charge in [-0.2, -0.15) is 4.98 Å². The molecule has 4 rings (SSSR count). The number of methoxy groups -OCH3 is 1. The van der Waals surface area contributed by atoms with Crippen LogP contribution < -0.4 is 9.64 Å². The SMILES string of the molecule is COc1ccc(N2CCN(Cc3nc(-c4ccco4)no3)CC2)cc1. The van der Waals surface area contributed by atoms with Crippen LogP contribution in [0.4, 0.5) is 5.69 Å². The van der Waals surface area contributed by atoms with Crippen molar-refractivity contribution in [1.82, 2.24) is 15.0 Å². The zero-order chi connectivity index (χ0) is 17.1. The molecule has 1 fully saturated rings. The lowest BCUT2D eigenvalue weighted by Crippen LogP contribution is -2.46. The average Bonchev–Trinajstić information content (AvgIpc) is 3.34. The van der Waals surface area contributed by atoms with Crippen LogP contribution in [-0.2, 0) is 6.54 Å². The van der Waals surface area contributed by atoms with Crippen molar-refractivity contribution in [2.45, 2.75) is 6.54 Å². The van der Waals surface area contributed by atoms with Gasteiger partial charge in [0.05, 0.1) is 19.9 Å². The van der Waals surface area contributed by atoms with Crippen molar-refractivity contribution in [3.63, 3.8) is 0 Å². The van der Waals surface area contributed by atoms with Crippen molar-refractivity contribution in [3.8, 4) is 17.3 Å². The second kappa shape index (κ2) is 6.98. The van der Waals surface area contributed by atoms with E-state index in [1.807, 2.05) is 24.3 Å². The van der Waals surface area contributed by atoms with Crippen LogP contribution >= 0.6 is 0 Å². The van der Waals surface area contributed by atoms with Crippen molar-refractivity contribution in [2.75, 3.05) is 38.2 Å². The van der Waals surface area contributed by atoms with Gasteiger partial charge in [-0.25, -0.2) is 0 Å². The minimum atomic E-state index is 0.497. The van der Waals surface area contributed by atoms with Crippen LogP contribution in [0.15, 0.2) is 51.6 Å². The van der Waals surface area contributed by atoms with Gasteiger partial charge in [0.15, 0.2) is 5.76 Å². The van der Waals surface area contributed by atoms with Crippen LogP contribution in [-0.4, -0.2) is 48.3 Å². The quantitative estimate of drug-likeness (QED) is 0.707. The number of furan rings is 1. The summed E-state index contributed by atoms with van der Waals surface area (Å²) >= 11 is 0. The number of aromatic nitrogens is 2. The van der Waals surface area contributed by atoms with E-state index < -0.39 is 0 Å². The molecule has 0 saturated carbocycles. The Balaban J connectivity index is 1.33. The highest BCUT2D eigenvalue weighted by atomic mass is 16.5. The third-order valence-corrected chi connectivity index (χ3v) is 4.38. The maximum Gasteiger partial charge on any atom is 0.241 e. The molecular formula is C18H20N4O3. The summed E-state index contributed by atoms with van der Waals surface area (Å²) in [6.45, 7) is 4.48. The molecule has 0 atom stereocenters. The van der Waals surface area contributed by atoms with E-state index in [2.05, 4.69) is 32.1 Å². The predicted molar refractivity (Wildman–Crippen MR) is 92.5 cm³/mol. The van der Waals surface area contributed by atoms with E-state index in [0.29, 0.717) is 24.0 Å². The number of ether oxygens (including phenoxy) is 1. The zero-order valence-corrected chi connectivity index (χ0v) is 14.1. The molecule has 7 heteroatoms. The van der Waals surface area contributed by atoms with Crippen molar-refractivity contribution in [1.29, 1.82) is 0 Å². The molecule has 0 bridgehead atoms. The Kier molecular flexibility index (Phi) is 4.39. The fourth-order valence-electron chi connectivity index (χ4n) is 2.97. The lowest BCUT2D eigenvalue weighted by Gasteiger charge is -2.35. The topological polar surface area (TPSA) is 67.8 Å². The summed E-state index contributed by atoms with van der Waals surface area (Å²) < 4.78 is 15.8. The molecule has 1 aliphatic heterocycles. The molecule has 130 valence electrons.